The van der Waals surface area contributed by atoms with Gasteiger partial charge in [0.1, 0.15) is 28.4 Å². The third-order valence-corrected chi connectivity index (χ3v) is 5.17. The number of aromatic nitrogens is 2. The molecule has 4 rings (SSSR count). The highest BCUT2D eigenvalue weighted by Gasteiger charge is 2.25. The second-order valence-electron chi connectivity index (χ2n) is 5.99. The van der Waals surface area contributed by atoms with Crippen molar-refractivity contribution in [3.05, 3.63) is 36.0 Å². The largest absolute Gasteiger partial charge is 0.497 e. The predicted molar refractivity (Wildman–Crippen MR) is 104 cm³/mol. The molecule has 9 heteroatoms. The number of nitrogens with zero attached hydrogens (tertiary/aromatic N) is 3. The first-order valence-electron chi connectivity index (χ1n) is 8.28. The summed E-state index contributed by atoms with van der Waals surface area (Å²) in [5, 5.41) is 10.0. The average Bonchev–Trinajstić information content (AvgIpc) is 3.34. The fraction of sp³-hybridized carbons (Fsp3) is 0.222. The number of primary amides is 1. The molecule has 1 aromatic carbocycles. The van der Waals surface area contributed by atoms with Gasteiger partial charge in [0.15, 0.2) is 6.10 Å². The molecule has 1 atom stereocenters. The lowest BCUT2D eigenvalue weighted by molar-refractivity contribution is -0.112. The van der Waals surface area contributed by atoms with Gasteiger partial charge >= 0.3 is 0 Å². The van der Waals surface area contributed by atoms with E-state index < -0.39 is 5.91 Å². The van der Waals surface area contributed by atoms with Gasteiger partial charge in [-0.05, 0) is 17.7 Å². The molecule has 0 fully saturated rings. The van der Waals surface area contributed by atoms with Gasteiger partial charge in [-0.3, -0.25) is 4.79 Å². The van der Waals surface area contributed by atoms with E-state index in [4.69, 9.17) is 15.3 Å². The highest BCUT2D eigenvalue weighted by Crippen LogP contribution is 2.37. The number of ether oxygens (including phenoxy) is 1. The Morgan fingerprint density at radius 2 is 2.19 bits per heavy atom. The summed E-state index contributed by atoms with van der Waals surface area (Å²) in [6.45, 7) is 0.449. The number of carbonyl (C=O) groups excluding carboxylic acids is 1. The smallest absolute Gasteiger partial charge is 0.266 e. The van der Waals surface area contributed by atoms with Gasteiger partial charge in [-0.15, -0.1) is 11.3 Å². The molecule has 1 unspecified atom stereocenters. The van der Waals surface area contributed by atoms with E-state index in [1.54, 1.807) is 18.4 Å². The summed E-state index contributed by atoms with van der Waals surface area (Å²) >= 11 is 1.56. The molecular formula is C18H17N5O3S. The zero-order valence-electron chi connectivity index (χ0n) is 14.5. The van der Waals surface area contributed by atoms with E-state index in [0.717, 1.165) is 27.1 Å². The average molecular weight is 383 g/mol. The van der Waals surface area contributed by atoms with Crippen LogP contribution in [0.1, 0.15) is 6.42 Å². The molecule has 0 spiro atoms. The number of carbonyl (C=O) groups is 1. The quantitative estimate of drug-likeness (QED) is 0.676. The fourth-order valence-electron chi connectivity index (χ4n) is 2.89. The van der Waals surface area contributed by atoms with Gasteiger partial charge in [-0.1, -0.05) is 17.3 Å². The summed E-state index contributed by atoms with van der Waals surface area (Å²) < 4.78 is 5.23. The van der Waals surface area contributed by atoms with Crippen LogP contribution >= 0.6 is 11.3 Å². The van der Waals surface area contributed by atoms with E-state index in [2.05, 4.69) is 25.8 Å². The van der Waals surface area contributed by atoms with E-state index >= 15 is 0 Å². The van der Waals surface area contributed by atoms with Crippen LogP contribution in [0.3, 0.4) is 0 Å². The molecule has 1 aliphatic rings. The normalized spacial score (nSPS) is 16.0. The predicted octanol–water partition coefficient (Wildman–Crippen LogP) is 2.41. The second kappa shape index (κ2) is 7.20. The number of amides is 1. The van der Waals surface area contributed by atoms with Crippen LogP contribution in [-0.4, -0.2) is 41.3 Å². The number of benzene rings is 1. The van der Waals surface area contributed by atoms with Gasteiger partial charge in [0.25, 0.3) is 5.91 Å². The maximum absolute atomic E-state index is 11.2. The van der Waals surface area contributed by atoms with Crippen LogP contribution in [-0.2, 0) is 9.63 Å². The third kappa shape index (κ3) is 3.41. The van der Waals surface area contributed by atoms with Crippen molar-refractivity contribution in [1.29, 1.82) is 0 Å². The molecule has 3 N–H and O–H groups in total. The van der Waals surface area contributed by atoms with Crippen LogP contribution in [0.25, 0.3) is 21.3 Å². The summed E-state index contributed by atoms with van der Waals surface area (Å²) in [6.07, 6.45) is 1.64. The number of hydrogen-bond acceptors (Lipinski definition) is 8. The molecule has 1 aliphatic heterocycles. The fourth-order valence-corrected chi connectivity index (χ4v) is 3.80. The molecular weight excluding hydrogens is 366 g/mol. The molecule has 0 aliphatic carbocycles. The number of thiophene rings is 1. The molecule has 0 saturated carbocycles. The highest BCUT2D eigenvalue weighted by atomic mass is 32.1. The van der Waals surface area contributed by atoms with Crippen LogP contribution in [0.15, 0.2) is 41.1 Å². The number of nitrogens with one attached hydrogen (secondary N) is 1. The first-order valence-corrected chi connectivity index (χ1v) is 9.16. The molecule has 1 amide bonds. The van der Waals surface area contributed by atoms with Crippen molar-refractivity contribution in [2.45, 2.75) is 12.5 Å². The summed E-state index contributed by atoms with van der Waals surface area (Å²) in [5.41, 5.74) is 7.58. The van der Waals surface area contributed by atoms with Gasteiger partial charge < -0.3 is 20.6 Å². The van der Waals surface area contributed by atoms with Crippen LogP contribution in [0, 0.1) is 0 Å². The van der Waals surface area contributed by atoms with E-state index in [1.165, 1.54) is 6.33 Å². The number of anilines is 1. The van der Waals surface area contributed by atoms with Crippen molar-refractivity contribution in [3.63, 3.8) is 0 Å². The molecule has 0 bridgehead atoms. The SMILES string of the molecule is COc1ccc(-c2csc3ncnc(NCC4CC(C(N)=O)=NO4)c23)cc1. The second-order valence-corrected chi connectivity index (χ2v) is 6.85. The highest BCUT2D eigenvalue weighted by molar-refractivity contribution is 7.17. The Bertz CT molecular complexity index is 1020. The minimum atomic E-state index is -0.554. The summed E-state index contributed by atoms with van der Waals surface area (Å²) in [6, 6.07) is 7.85. The maximum Gasteiger partial charge on any atom is 0.266 e. The van der Waals surface area contributed by atoms with Crippen molar-refractivity contribution < 1.29 is 14.4 Å². The summed E-state index contributed by atoms with van der Waals surface area (Å²) in [4.78, 5) is 26.1. The van der Waals surface area contributed by atoms with Crippen molar-refractivity contribution >= 4 is 39.0 Å². The Hall–Kier alpha value is -3.20. The Morgan fingerprint density at radius 3 is 2.89 bits per heavy atom. The van der Waals surface area contributed by atoms with E-state index in [1.807, 2.05) is 24.3 Å². The van der Waals surface area contributed by atoms with Gasteiger partial charge in [-0.25, -0.2) is 9.97 Å². The molecule has 27 heavy (non-hydrogen) atoms. The lowest BCUT2D eigenvalue weighted by atomic mass is 10.1. The molecule has 138 valence electrons. The van der Waals surface area contributed by atoms with Gasteiger partial charge in [0.05, 0.1) is 19.0 Å². The number of oxime groups is 1. The standard InChI is InChI=1S/C18H17N5O3S/c1-25-11-4-2-10(3-5-11)13-8-27-18-15(13)17(21-9-22-18)20-7-12-6-14(16(19)24)23-26-12/h2-5,8-9,12H,6-7H2,1H3,(H2,19,24)(H,20,21,22). The lowest BCUT2D eigenvalue weighted by Gasteiger charge is -2.12. The van der Waals surface area contributed by atoms with Gasteiger partial charge in [0, 0.05) is 17.4 Å². The zero-order chi connectivity index (χ0) is 18.8. The maximum atomic E-state index is 11.2. The van der Waals surface area contributed by atoms with Crippen molar-refractivity contribution in [1.82, 2.24) is 9.97 Å². The van der Waals surface area contributed by atoms with E-state index in [-0.39, 0.29) is 11.8 Å². The lowest BCUT2D eigenvalue weighted by Crippen LogP contribution is -2.26. The topological polar surface area (TPSA) is 112 Å². The van der Waals surface area contributed by atoms with Crippen LogP contribution < -0.4 is 15.8 Å². The molecule has 3 aromatic rings. The van der Waals surface area contributed by atoms with Crippen molar-refractivity contribution in [2.75, 3.05) is 19.0 Å². The Balaban J connectivity index is 1.58. The number of fused-ring (bicyclic) bond motifs is 1. The Labute approximate surface area is 159 Å². The molecule has 2 aromatic heterocycles. The molecule has 8 nitrogen and oxygen atoms in total. The van der Waals surface area contributed by atoms with Crippen LogP contribution in [0.5, 0.6) is 5.75 Å². The minimum absolute atomic E-state index is 0.254. The van der Waals surface area contributed by atoms with Crippen LogP contribution in [0.2, 0.25) is 0 Å². The molecule has 0 radical (unpaired) electrons. The first-order chi connectivity index (χ1) is 13.2. The molecule has 0 saturated heterocycles. The van der Waals surface area contributed by atoms with Crippen LogP contribution in [0.4, 0.5) is 5.82 Å². The Morgan fingerprint density at radius 1 is 1.37 bits per heavy atom. The van der Waals surface area contributed by atoms with E-state index in [0.29, 0.717) is 18.8 Å². The van der Waals surface area contributed by atoms with Gasteiger partial charge in [-0.2, -0.15) is 0 Å². The minimum Gasteiger partial charge on any atom is -0.497 e. The summed E-state index contributed by atoms with van der Waals surface area (Å²) in [5.74, 6) is 0.960. The first kappa shape index (κ1) is 17.2. The van der Waals surface area contributed by atoms with Crippen molar-refractivity contribution in [3.8, 4) is 16.9 Å². The van der Waals surface area contributed by atoms with E-state index in [9.17, 15) is 4.79 Å². The van der Waals surface area contributed by atoms with Crippen molar-refractivity contribution in [2.24, 2.45) is 10.9 Å². The number of methoxy groups -OCH3 is 1. The number of nitrogens with two attached hydrogens (primary N) is 1. The monoisotopic (exact) mass is 383 g/mol. The third-order valence-electron chi connectivity index (χ3n) is 4.29. The molecule has 3 heterocycles. The number of hydrogen-bond donors (Lipinski definition) is 2. The summed E-state index contributed by atoms with van der Waals surface area (Å²) in [7, 11) is 1.64. The Kier molecular flexibility index (Phi) is 4.59. The zero-order valence-corrected chi connectivity index (χ0v) is 15.3. The van der Waals surface area contributed by atoms with Gasteiger partial charge in [0.2, 0.25) is 0 Å². The number of rotatable bonds is 6.